The van der Waals surface area contributed by atoms with E-state index in [4.69, 9.17) is 9.47 Å². The van der Waals surface area contributed by atoms with E-state index in [2.05, 4.69) is 10.6 Å². The molecule has 0 aromatic heterocycles. The summed E-state index contributed by atoms with van der Waals surface area (Å²) >= 11 is 0. The van der Waals surface area contributed by atoms with E-state index in [0.717, 1.165) is 18.7 Å². The zero-order chi connectivity index (χ0) is 18.3. The summed E-state index contributed by atoms with van der Waals surface area (Å²) in [5.74, 6) is 0.405. The molecule has 0 unspecified atom stereocenters. The molecule has 1 aromatic rings. The largest absolute Gasteiger partial charge is 0.484 e. The molecule has 7 heteroatoms. The number of amides is 2. The second-order valence-electron chi connectivity index (χ2n) is 6.36. The van der Waals surface area contributed by atoms with E-state index >= 15 is 0 Å². The number of carbonyl (C=O) groups excluding carboxylic acids is 2. The van der Waals surface area contributed by atoms with Gasteiger partial charge in [0.2, 0.25) is 0 Å². The number of hydrogen-bond donors (Lipinski definition) is 2. The van der Waals surface area contributed by atoms with Crippen molar-refractivity contribution in [2.75, 3.05) is 40.9 Å². The minimum absolute atomic E-state index is 0.0113. The van der Waals surface area contributed by atoms with Crippen LogP contribution in [0.25, 0.3) is 0 Å². The van der Waals surface area contributed by atoms with Crippen molar-refractivity contribution in [2.24, 2.45) is 0 Å². The van der Waals surface area contributed by atoms with Crippen molar-refractivity contribution in [1.29, 1.82) is 0 Å². The Morgan fingerprint density at radius 3 is 2.64 bits per heavy atom. The molecule has 7 nitrogen and oxygen atoms in total. The fourth-order valence-electron chi connectivity index (χ4n) is 2.72. The summed E-state index contributed by atoms with van der Waals surface area (Å²) in [6.45, 7) is 1.91. The maximum absolute atomic E-state index is 12.6. The summed E-state index contributed by atoms with van der Waals surface area (Å²) in [6, 6.07) is 7.36. The Balaban J connectivity index is 1.91. The van der Waals surface area contributed by atoms with Crippen LogP contribution >= 0.6 is 0 Å². The lowest BCUT2D eigenvalue weighted by atomic mass is 9.91. The molecule has 0 spiro atoms. The normalized spacial score (nSPS) is 16.1. The van der Waals surface area contributed by atoms with Crippen LogP contribution in [0.5, 0.6) is 5.75 Å². The van der Waals surface area contributed by atoms with Gasteiger partial charge < -0.3 is 25.0 Å². The predicted molar refractivity (Wildman–Crippen MR) is 94.3 cm³/mol. The molecule has 1 aliphatic rings. The Morgan fingerprint density at radius 2 is 2.00 bits per heavy atom. The van der Waals surface area contributed by atoms with Crippen molar-refractivity contribution >= 4 is 11.8 Å². The van der Waals surface area contributed by atoms with Crippen LogP contribution in [0.1, 0.15) is 18.4 Å². The van der Waals surface area contributed by atoms with Crippen LogP contribution in [-0.2, 0) is 20.9 Å². The maximum Gasteiger partial charge on any atom is 0.259 e. The highest BCUT2D eigenvalue weighted by molar-refractivity contribution is 5.85. The summed E-state index contributed by atoms with van der Waals surface area (Å²) in [6.07, 6.45) is 1.32. The van der Waals surface area contributed by atoms with Crippen molar-refractivity contribution in [2.45, 2.75) is 25.0 Å². The van der Waals surface area contributed by atoms with Crippen LogP contribution in [0, 0.1) is 0 Å². The van der Waals surface area contributed by atoms with Crippen molar-refractivity contribution in [3.63, 3.8) is 0 Å². The van der Waals surface area contributed by atoms with E-state index in [1.165, 1.54) is 4.90 Å². The number of carbonyl (C=O) groups is 2. The second-order valence-corrected chi connectivity index (χ2v) is 6.36. The molecule has 1 heterocycles. The van der Waals surface area contributed by atoms with Crippen LogP contribution in [0.3, 0.4) is 0 Å². The third-order valence-electron chi connectivity index (χ3n) is 4.43. The minimum Gasteiger partial charge on any atom is -0.484 e. The molecule has 2 rings (SSSR count). The van der Waals surface area contributed by atoms with Crippen LogP contribution in [0.2, 0.25) is 0 Å². The summed E-state index contributed by atoms with van der Waals surface area (Å²) in [7, 11) is 4.95. The molecule has 25 heavy (non-hydrogen) atoms. The number of likely N-dealkylation sites (N-methyl/N-ethyl adjacent to an activating group) is 1. The molecule has 0 bridgehead atoms. The lowest BCUT2D eigenvalue weighted by Gasteiger charge is -2.34. The molecular formula is C18H27N3O4. The first-order valence-corrected chi connectivity index (χ1v) is 8.43. The van der Waals surface area contributed by atoms with Crippen molar-refractivity contribution in [3.05, 3.63) is 29.8 Å². The van der Waals surface area contributed by atoms with E-state index < -0.39 is 5.60 Å². The average Bonchev–Trinajstić information content (AvgIpc) is 2.64. The first-order valence-electron chi connectivity index (χ1n) is 8.43. The van der Waals surface area contributed by atoms with Gasteiger partial charge in [-0.2, -0.15) is 0 Å². The summed E-state index contributed by atoms with van der Waals surface area (Å²) in [5.41, 5.74) is 0.153. The quantitative estimate of drug-likeness (QED) is 0.751. The van der Waals surface area contributed by atoms with Gasteiger partial charge in [-0.15, -0.1) is 0 Å². The third kappa shape index (κ3) is 5.17. The van der Waals surface area contributed by atoms with Gasteiger partial charge in [-0.3, -0.25) is 9.59 Å². The minimum atomic E-state index is -0.752. The molecular weight excluding hydrogens is 322 g/mol. The molecule has 1 aliphatic heterocycles. The van der Waals surface area contributed by atoms with Gasteiger partial charge in [-0.05, 0) is 43.6 Å². The topological polar surface area (TPSA) is 79.9 Å². The highest BCUT2D eigenvalue weighted by Crippen LogP contribution is 2.23. The molecule has 1 saturated heterocycles. The zero-order valence-corrected chi connectivity index (χ0v) is 15.1. The second kappa shape index (κ2) is 8.82. The predicted octanol–water partition coefficient (Wildman–Crippen LogP) is 0.538. The number of nitrogens with zero attached hydrogens (tertiary/aromatic N) is 1. The van der Waals surface area contributed by atoms with Crippen molar-refractivity contribution in [3.8, 4) is 5.75 Å². The van der Waals surface area contributed by atoms with E-state index in [9.17, 15) is 9.59 Å². The maximum atomic E-state index is 12.6. The van der Waals surface area contributed by atoms with Crippen molar-refractivity contribution in [1.82, 2.24) is 15.5 Å². The molecule has 2 N–H and O–H groups in total. The SMILES string of the molecule is COC1(C(=O)NCc2cccc(OCC(=O)N(C)C)c2)CCNCC1. The van der Waals surface area contributed by atoms with Gasteiger partial charge in [-0.25, -0.2) is 0 Å². The van der Waals surface area contributed by atoms with Crippen LogP contribution in [0.4, 0.5) is 0 Å². The fraction of sp³-hybridized carbons (Fsp3) is 0.556. The van der Waals surface area contributed by atoms with E-state index in [-0.39, 0.29) is 18.4 Å². The van der Waals surface area contributed by atoms with Crippen LogP contribution < -0.4 is 15.4 Å². The smallest absolute Gasteiger partial charge is 0.259 e. The van der Waals surface area contributed by atoms with Crippen molar-refractivity contribution < 1.29 is 19.1 Å². The van der Waals surface area contributed by atoms with E-state index in [1.807, 2.05) is 18.2 Å². The Hall–Kier alpha value is -2.12. The average molecular weight is 349 g/mol. The molecule has 2 amide bonds. The fourth-order valence-corrected chi connectivity index (χ4v) is 2.72. The van der Waals surface area contributed by atoms with Crippen LogP contribution in [0.15, 0.2) is 24.3 Å². The van der Waals surface area contributed by atoms with Gasteiger partial charge in [-0.1, -0.05) is 12.1 Å². The Bertz CT molecular complexity index is 598. The lowest BCUT2D eigenvalue weighted by molar-refractivity contribution is -0.146. The Morgan fingerprint density at radius 1 is 1.28 bits per heavy atom. The molecule has 1 aromatic carbocycles. The van der Waals surface area contributed by atoms with Crippen LogP contribution in [-0.4, -0.2) is 63.2 Å². The summed E-state index contributed by atoms with van der Waals surface area (Å²) in [5, 5.41) is 6.18. The van der Waals surface area contributed by atoms with Gasteiger partial charge in [0.05, 0.1) is 0 Å². The number of hydrogen-bond acceptors (Lipinski definition) is 5. The monoisotopic (exact) mass is 349 g/mol. The number of benzene rings is 1. The molecule has 0 aliphatic carbocycles. The third-order valence-corrected chi connectivity index (χ3v) is 4.43. The van der Waals surface area contributed by atoms with Gasteiger partial charge in [0.1, 0.15) is 11.4 Å². The number of rotatable bonds is 7. The first kappa shape index (κ1) is 19.2. The van der Waals surface area contributed by atoms with Gasteiger partial charge >= 0.3 is 0 Å². The lowest BCUT2D eigenvalue weighted by Crippen LogP contribution is -2.53. The van der Waals surface area contributed by atoms with Gasteiger partial charge in [0.25, 0.3) is 11.8 Å². The molecule has 138 valence electrons. The van der Waals surface area contributed by atoms with Gasteiger partial charge in [0, 0.05) is 27.7 Å². The standard InChI is InChI=1S/C18H27N3O4/c1-21(2)16(22)13-25-15-6-4-5-14(11-15)12-20-17(23)18(24-3)7-9-19-10-8-18/h4-6,11,19H,7-10,12-13H2,1-3H3,(H,20,23). The Kier molecular flexibility index (Phi) is 6.78. The number of methoxy groups -OCH3 is 1. The van der Waals surface area contributed by atoms with Gasteiger partial charge in [0.15, 0.2) is 6.61 Å². The number of nitrogens with one attached hydrogen (secondary N) is 2. The number of piperidine rings is 1. The molecule has 1 fully saturated rings. The van der Waals surface area contributed by atoms with E-state index in [1.54, 1.807) is 27.3 Å². The summed E-state index contributed by atoms with van der Waals surface area (Å²) in [4.78, 5) is 25.6. The van der Waals surface area contributed by atoms with E-state index in [0.29, 0.717) is 25.1 Å². The molecule has 0 radical (unpaired) electrons. The molecule has 0 saturated carbocycles. The first-order chi connectivity index (χ1) is 12.0. The number of ether oxygens (including phenoxy) is 2. The Labute approximate surface area is 148 Å². The highest BCUT2D eigenvalue weighted by Gasteiger charge is 2.39. The summed E-state index contributed by atoms with van der Waals surface area (Å²) < 4.78 is 11.0. The zero-order valence-electron chi connectivity index (χ0n) is 15.1. The highest BCUT2D eigenvalue weighted by atomic mass is 16.5. The molecule has 0 atom stereocenters.